The molecule has 46 heavy (non-hydrogen) atoms. The van der Waals surface area contributed by atoms with Crippen molar-refractivity contribution in [2.75, 3.05) is 39.3 Å². The molecule has 0 aromatic carbocycles. The number of pyridine rings is 2. The zero-order valence-corrected chi connectivity index (χ0v) is 27.0. The molecule has 12 heteroatoms. The molecule has 3 aromatic heterocycles. The molecule has 0 aliphatic carbocycles. The number of fused-ring (bicyclic) bond motifs is 1. The summed E-state index contributed by atoms with van der Waals surface area (Å²) in [7, 11) is 0. The van der Waals surface area contributed by atoms with Gasteiger partial charge < -0.3 is 25.8 Å². The lowest BCUT2D eigenvalue weighted by atomic mass is 9.98. The van der Waals surface area contributed by atoms with Gasteiger partial charge in [-0.25, -0.2) is 0 Å². The van der Waals surface area contributed by atoms with Gasteiger partial charge in [0.25, 0.3) is 11.5 Å². The molecule has 1 atom stereocenters. The van der Waals surface area contributed by atoms with E-state index in [2.05, 4.69) is 31.8 Å². The first kappa shape index (κ1) is 33.3. The second-order valence-electron chi connectivity index (χ2n) is 12.2. The van der Waals surface area contributed by atoms with Crippen LogP contribution in [0.2, 0.25) is 0 Å². The standard InChI is InChI=1S/C34H44F3N7O2/c1-5-7-23-16-25(6-2)41-33(46)28(23)19-40-32(45)27-17-29-26(24-8-9-30(38)39-18-24)10-11-44(29)31(21(27)3)22(4)43-14-12-42(13-15-43)20-34(35,36)37/h8-11,16-17,22,39H,5-7,12-15,18-20,38H2,1-4H3,(H,40,45)(H,41,46). The smallest absolute Gasteiger partial charge is 0.386 e. The van der Waals surface area contributed by atoms with Gasteiger partial charge in [-0.05, 0) is 67.7 Å². The second kappa shape index (κ2) is 13.8. The molecule has 2 aliphatic heterocycles. The highest BCUT2D eigenvalue weighted by atomic mass is 19.4. The number of aryl methyl sites for hydroxylation is 2. The zero-order valence-electron chi connectivity index (χ0n) is 27.0. The van der Waals surface area contributed by atoms with Gasteiger partial charge in [0.1, 0.15) is 0 Å². The van der Waals surface area contributed by atoms with Crippen LogP contribution in [0.15, 0.2) is 47.2 Å². The summed E-state index contributed by atoms with van der Waals surface area (Å²) in [6.07, 6.45) is 3.85. The summed E-state index contributed by atoms with van der Waals surface area (Å²) in [5, 5.41) is 6.19. The lowest BCUT2D eigenvalue weighted by Gasteiger charge is -2.39. The van der Waals surface area contributed by atoms with E-state index < -0.39 is 12.7 Å². The van der Waals surface area contributed by atoms with E-state index in [0.29, 0.717) is 56.1 Å². The topological polar surface area (TPSA) is 111 Å². The maximum atomic E-state index is 14.0. The SMILES string of the molecule is CCCc1cc(CC)[nH]c(=O)c1CNC(=O)c1cc2c(C3=CC=C(N)NC3)ccn2c(C(C)N2CCN(CC(F)(F)F)CC2)c1C. The van der Waals surface area contributed by atoms with Crippen LogP contribution in [0.1, 0.15) is 77.2 Å². The Kier molecular flexibility index (Phi) is 9.97. The first-order valence-electron chi connectivity index (χ1n) is 16.0. The molecule has 1 amide bonds. The number of piperazine rings is 1. The number of aromatic amines is 1. The molecule has 0 saturated carbocycles. The van der Waals surface area contributed by atoms with Crippen molar-refractivity contribution in [3.05, 3.63) is 91.9 Å². The minimum Gasteiger partial charge on any atom is -0.386 e. The van der Waals surface area contributed by atoms with Gasteiger partial charge in [-0.15, -0.1) is 0 Å². The van der Waals surface area contributed by atoms with Crippen LogP contribution >= 0.6 is 0 Å². The van der Waals surface area contributed by atoms with Crippen molar-refractivity contribution in [3.8, 4) is 0 Å². The maximum Gasteiger partial charge on any atom is 0.401 e. The highest BCUT2D eigenvalue weighted by molar-refractivity contribution is 5.98. The molecular formula is C34H44F3N7O2. The van der Waals surface area contributed by atoms with Crippen LogP contribution in [0.3, 0.4) is 0 Å². The molecule has 5 N–H and O–H groups in total. The number of nitrogens with two attached hydrogens (primary N) is 1. The average molecular weight is 640 g/mol. The van der Waals surface area contributed by atoms with Gasteiger partial charge in [-0.1, -0.05) is 26.3 Å². The monoisotopic (exact) mass is 639 g/mol. The third kappa shape index (κ3) is 7.18. The summed E-state index contributed by atoms with van der Waals surface area (Å²) < 4.78 is 41.2. The summed E-state index contributed by atoms with van der Waals surface area (Å²) in [5.74, 6) is 0.281. The number of H-pyrrole nitrogens is 1. The quantitative estimate of drug-likeness (QED) is 0.262. The minimum atomic E-state index is -4.23. The number of alkyl halides is 3. The van der Waals surface area contributed by atoms with Crippen molar-refractivity contribution < 1.29 is 18.0 Å². The minimum absolute atomic E-state index is 0.0944. The number of amides is 1. The van der Waals surface area contributed by atoms with Gasteiger partial charge >= 0.3 is 6.18 Å². The molecular weight excluding hydrogens is 595 g/mol. The molecule has 1 saturated heterocycles. The lowest BCUT2D eigenvalue weighted by Crippen LogP contribution is -2.49. The van der Waals surface area contributed by atoms with E-state index in [0.717, 1.165) is 52.0 Å². The predicted molar refractivity (Wildman–Crippen MR) is 174 cm³/mol. The second-order valence-corrected chi connectivity index (χ2v) is 12.2. The van der Waals surface area contributed by atoms with Crippen molar-refractivity contribution >= 4 is 17.0 Å². The van der Waals surface area contributed by atoms with Gasteiger partial charge in [-0.3, -0.25) is 19.4 Å². The first-order chi connectivity index (χ1) is 21.9. The number of carbonyl (C=O) groups is 1. The Morgan fingerprint density at radius 3 is 2.50 bits per heavy atom. The molecule has 0 spiro atoms. The Balaban J connectivity index is 1.51. The lowest BCUT2D eigenvalue weighted by molar-refractivity contribution is -0.149. The first-order valence-corrected chi connectivity index (χ1v) is 16.0. The molecule has 1 fully saturated rings. The van der Waals surface area contributed by atoms with E-state index in [4.69, 9.17) is 5.73 Å². The van der Waals surface area contributed by atoms with Crippen molar-refractivity contribution in [1.29, 1.82) is 0 Å². The van der Waals surface area contributed by atoms with Crippen LogP contribution in [0, 0.1) is 6.92 Å². The van der Waals surface area contributed by atoms with Crippen molar-refractivity contribution in [3.63, 3.8) is 0 Å². The Bertz CT molecular complexity index is 1710. The number of hydrogen-bond acceptors (Lipinski definition) is 6. The molecule has 5 rings (SSSR count). The van der Waals surface area contributed by atoms with E-state index in [9.17, 15) is 22.8 Å². The Morgan fingerprint density at radius 2 is 1.87 bits per heavy atom. The van der Waals surface area contributed by atoms with Gasteiger partial charge in [0.2, 0.25) is 0 Å². The van der Waals surface area contributed by atoms with Gasteiger partial charge in [0.05, 0.1) is 17.9 Å². The average Bonchev–Trinajstić information content (AvgIpc) is 3.43. The number of hydrogen-bond donors (Lipinski definition) is 4. The summed E-state index contributed by atoms with van der Waals surface area (Å²) in [6, 6.07) is 5.73. The van der Waals surface area contributed by atoms with Crippen molar-refractivity contribution in [2.24, 2.45) is 5.73 Å². The molecule has 1 unspecified atom stereocenters. The van der Waals surface area contributed by atoms with Crippen LogP contribution in [-0.4, -0.2) is 70.5 Å². The van der Waals surface area contributed by atoms with Crippen LogP contribution < -0.4 is 21.9 Å². The van der Waals surface area contributed by atoms with Gasteiger partial charge in [-0.2, -0.15) is 13.2 Å². The number of nitrogens with one attached hydrogen (secondary N) is 3. The number of aromatic nitrogens is 2. The maximum absolute atomic E-state index is 14.0. The highest BCUT2D eigenvalue weighted by Crippen LogP contribution is 2.33. The fourth-order valence-electron chi connectivity index (χ4n) is 6.65. The van der Waals surface area contributed by atoms with E-state index in [1.54, 1.807) is 0 Å². The zero-order chi connectivity index (χ0) is 33.2. The Hall–Kier alpha value is -4.03. The molecule has 5 heterocycles. The summed E-state index contributed by atoms with van der Waals surface area (Å²) in [6.45, 7) is 9.26. The third-order valence-electron chi connectivity index (χ3n) is 9.16. The number of dihydropyridines is 1. The Labute approximate surface area is 267 Å². The summed E-state index contributed by atoms with van der Waals surface area (Å²) in [5.41, 5.74) is 13.1. The number of allylic oxidation sites excluding steroid dienone is 2. The summed E-state index contributed by atoms with van der Waals surface area (Å²) >= 11 is 0. The van der Waals surface area contributed by atoms with Crippen LogP contribution in [0.5, 0.6) is 0 Å². The molecule has 2 aliphatic rings. The van der Waals surface area contributed by atoms with Crippen molar-refractivity contribution in [2.45, 2.75) is 65.7 Å². The number of rotatable bonds is 10. The van der Waals surface area contributed by atoms with Gasteiger partial charge in [0.15, 0.2) is 0 Å². The van der Waals surface area contributed by atoms with E-state index >= 15 is 0 Å². The fourth-order valence-corrected chi connectivity index (χ4v) is 6.65. The normalized spacial score (nSPS) is 17.0. The predicted octanol–water partition coefficient (Wildman–Crippen LogP) is 4.41. The van der Waals surface area contributed by atoms with E-state index in [1.807, 2.05) is 57.3 Å². The van der Waals surface area contributed by atoms with Crippen LogP contribution in [0.25, 0.3) is 11.1 Å². The summed E-state index contributed by atoms with van der Waals surface area (Å²) in [4.78, 5) is 33.5. The fraction of sp³-hybridized carbons (Fsp3) is 0.471. The molecule has 3 aromatic rings. The van der Waals surface area contributed by atoms with Crippen LogP contribution in [-0.2, 0) is 19.4 Å². The largest absolute Gasteiger partial charge is 0.401 e. The molecule has 248 valence electrons. The third-order valence-corrected chi connectivity index (χ3v) is 9.16. The molecule has 9 nitrogen and oxygen atoms in total. The number of carbonyl (C=O) groups excluding carboxylic acids is 1. The Morgan fingerprint density at radius 1 is 1.13 bits per heavy atom. The molecule has 0 radical (unpaired) electrons. The van der Waals surface area contributed by atoms with E-state index in [-0.39, 0.29) is 24.1 Å². The highest BCUT2D eigenvalue weighted by Gasteiger charge is 2.34. The van der Waals surface area contributed by atoms with E-state index in [1.165, 1.54) is 4.90 Å². The van der Waals surface area contributed by atoms with Crippen molar-refractivity contribution in [1.82, 2.24) is 29.8 Å². The molecule has 0 bridgehead atoms. The van der Waals surface area contributed by atoms with Gasteiger partial charge in [0, 0.05) is 79.6 Å². The number of halogens is 3. The number of nitrogens with zero attached hydrogens (tertiary/aromatic N) is 3. The van der Waals surface area contributed by atoms with Crippen LogP contribution in [0.4, 0.5) is 13.2 Å².